The third kappa shape index (κ3) is 3.37. The predicted octanol–water partition coefficient (Wildman–Crippen LogP) is 2.73. The molecule has 1 nitrogen and oxygen atoms in total. The van der Waals surface area contributed by atoms with Crippen molar-refractivity contribution in [1.29, 1.82) is 0 Å². The van der Waals surface area contributed by atoms with Crippen LogP contribution in [0.1, 0.15) is 18.4 Å². The summed E-state index contributed by atoms with van der Waals surface area (Å²) < 4.78 is 1.16. The highest BCUT2D eigenvalue weighted by Crippen LogP contribution is 2.13. The average molecular weight is 228 g/mol. The molecule has 0 radical (unpaired) electrons. The summed E-state index contributed by atoms with van der Waals surface area (Å²) in [5, 5.41) is 0. The van der Waals surface area contributed by atoms with Crippen molar-refractivity contribution in [3.05, 3.63) is 34.3 Å². The highest BCUT2D eigenvalue weighted by molar-refractivity contribution is 9.10. The zero-order chi connectivity index (χ0) is 8.81. The number of aryl methyl sites for hydroxylation is 1. The molecular weight excluding hydrogens is 214 g/mol. The topological polar surface area (TPSA) is 26.0 Å². The zero-order valence-corrected chi connectivity index (χ0v) is 8.68. The Kier molecular flexibility index (Phi) is 4.33. The lowest BCUT2D eigenvalue weighted by atomic mass is 10.1. The van der Waals surface area contributed by atoms with Crippen LogP contribution in [0.3, 0.4) is 0 Å². The van der Waals surface area contributed by atoms with Gasteiger partial charge in [0, 0.05) is 4.47 Å². The van der Waals surface area contributed by atoms with Gasteiger partial charge in [0.1, 0.15) is 0 Å². The molecule has 0 aliphatic heterocycles. The first-order valence-corrected chi connectivity index (χ1v) is 5.07. The van der Waals surface area contributed by atoms with Gasteiger partial charge in [-0.2, -0.15) is 0 Å². The molecule has 66 valence electrons. The van der Waals surface area contributed by atoms with E-state index in [0.29, 0.717) is 0 Å². The summed E-state index contributed by atoms with van der Waals surface area (Å²) in [6.45, 7) is 0.800. The number of unbranched alkanes of at least 4 members (excludes halogenated alkanes) is 1. The van der Waals surface area contributed by atoms with Crippen LogP contribution in [-0.4, -0.2) is 6.54 Å². The fourth-order valence-corrected chi connectivity index (χ4v) is 1.61. The van der Waals surface area contributed by atoms with Crippen LogP contribution in [0.5, 0.6) is 0 Å². The van der Waals surface area contributed by atoms with Crippen molar-refractivity contribution >= 4 is 15.9 Å². The van der Waals surface area contributed by atoms with Crippen LogP contribution in [0, 0.1) is 0 Å². The third-order valence-corrected chi connectivity index (χ3v) is 2.30. The molecule has 0 saturated heterocycles. The molecule has 2 N–H and O–H groups in total. The number of rotatable bonds is 4. The van der Waals surface area contributed by atoms with Crippen molar-refractivity contribution in [3.8, 4) is 0 Å². The van der Waals surface area contributed by atoms with E-state index >= 15 is 0 Å². The van der Waals surface area contributed by atoms with E-state index in [4.69, 9.17) is 5.73 Å². The first kappa shape index (κ1) is 9.75. The molecule has 0 aromatic heterocycles. The lowest BCUT2D eigenvalue weighted by Crippen LogP contribution is -1.98. The fraction of sp³-hybridized carbons (Fsp3) is 0.400. The quantitative estimate of drug-likeness (QED) is 0.788. The van der Waals surface area contributed by atoms with E-state index in [1.807, 2.05) is 6.07 Å². The Bertz CT molecular complexity index is 235. The molecule has 0 aliphatic carbocycles. The van der Waals surface area contributed by atoms with E-state index in [1.54, 1.807) is 0 Å². The number of benzene rings is 1. The molecule has 0 spiro atoms. The SMILES string of the molecule is NCCCCc1cccc(Br)c1. The number of halogens is 1. The van der Waals surface area contributed by atoms with Crippen molar-refractivity contribution in [1.82, 2.24) is 0 Å². The minimum Gasteiger partial charge on any atom is -0.330 e. The Balaban J connectivity index is 2.41. The molecule has 12 heavy (non-hydrogen) atoms. The van der Waals surface area contributed by atoms with Gasteiger partial charge in [-0.25, -0.2) is 0 Å². The minimum absolute atomic E-state index is 0.800. The molecule has 0 fully saturated rings. The van der Waals surface area contributed by atoms with Gasteiger partial charge in [-0.3, -0.25) is 0 Å². The maximum Gasteiger partial charge on any atom is 0.0177 e. The van der Waals surface area contributed by atoms with Gasteiger partial charge in [-0.15, -0.1) is 0 Å². The first-order chi connectivity index (χ1) is 5.83. The Morgan fingerprint density at radius 2 is 2.08 bits per heavy atom. The van der Waals surface area contributed by atoms with E-state index in [1.165, 1.54) is 12.0 Å². The summed E-state index contributed by atoms with van der Waals surface area (Å²) in [5.74, 6) is 0. The molecule has 1 rings (SSSR count). The van der Waals surface area contributed by atoms with Crippen molar-refractivity contribution in [3.63, 3.8) is 0 Å². The monoisotopic (exact) mass is 227 g/mol. The second-order valence-corrected chi connectivity index (χ2v) is 3.79. The molecule has 0 bridgehead atoms. The number of hydrogen-bond acceptors (Lipinski definition) is 1. The van der Waals surface area contributed by atoms with Gasteiger partial charge in [-0.1, -0.05) is 28.1 Å². The highest BCUT2D eigenvalue weighted by atomic mass is 79.9. The lowest BCUT2D eigenvalue weighted by molar-refractivity contribution is 0.744. The largest absolute Gasteiger partial charge is 0.330 e. The van der Waals surface area contributed by atoms with Gasteiger partial charge in [0.15, 0.2) is 0 Å². The Hall–Kier alpha value is -0.340. The molecule has 2 heteroatoms. The molecule has 0 amide bonds. The van der Waals surface area contributed by atoms with Crippen LogP contribution in [0.4, 0.5) is 0 Å². The summed E-state index contributed by atoms with van der Waals surface area (Å²) in [7, 11) is 0. The van der Waals surface area contributed by atoms with E-state index in [-0.39, 0.29) is 0 Å². The van der Waals surface area contributed by atoms with Crippen LogP contribution in [0.25, 0.3) is 0 Å². The Morgan fingerprint density at radius 1 is 1.25 bits per heavy atom. The predicted molar refractivity (Wildman–Crippen MR) is 56.1 cm³/mol. The summed E-state index contributed by atoms with van der Waals surface area (Å²) in [4.78, 5) is 0. The van der Waals surface area contributed by atoms with Crippen molar-refractivity contribution in [2.24, 2.45) is 5.73 Å². The fourth-order valence-electron chi connectivity index (χ4n) is 1.17. The van der Waals surface area contributed by atoms with Gasteiger partial charge in [0.05, 0.1) is 0 Å². The second-order valence-electron chi connectivity index (χ2n) is 2.88. The molecular formula is C10H14BrN. The van der Waals surface area contributed by atoms with Crippen molar-refractivity contribution < 1.29 is 0 Å². The first-order valence-electron chi connectivity index (χ1n) is 4.27. The van der Waals surface area contributed by atoms with Gasteiger partial charge >= 0.3 is 0 Å². The smallest absolute Gasteiger partial charge is 0.0177 e. The van der Waals surface area contributed by atoms with E-state index < -0.39 is 0 Å². The van der Waals surface area contributed by atoms with E-state index in [2.05, 4.69) is 34.1 Å². The highest BCUT2D eigenvalue weighted by Gasteiger charge is 1.92. The summed E-state index contributed by atoms with van der Waals surface area (Å²) >= 11 is 3.45. The molecule has 0 unspecified atom stereocenters. The zero-order valence-electron chi connectivity index (χ0n) is 7.09. The molecule has 0 heterocycles. The van der Waals surface area contributed by atoms with Crippen LogP contribution in [0.2, 0.25) is 0 Å². The van der Waals surface area contributed by atoms with Crippen molar-refractivity contribution in [2.45, 2.75) is 19.3 Å². The van der Waals surface area contributed by atoms with Crippen LogP contribution in [-0.2, 0) is 6.42 Å². The van der Waals surface area contributed by atoms with Gasteiger partial charge < -0.3 is 5.73 Å². The summed E-state index contributed by atoms with van der Waals surface area (Å²) in [5.41, 5.74) is 6.80. The molecule has 0 atom stereocenters. The average Bonchev–Trinajstić information content (AvgIpc) is 2.05. The maximum absolute atomic E-state index is 5.41. The number of nitrogens with two attached hydrogens (primary N) is 1. The standard InChI is InChI=1S/C10H14BrN/c11-10-6-3-5-9(8-10)4-1-2-7-12/h3,5-6,8H,1-2,4,7,12H2. The lowest BCUT2D eigenvalue weighted by Gasteiger charge is -2.00. The molecule has 1 aromatic rings. The minimum atomic E-state index is 0.800. The molecule has 0 aliphatic rings. The normalized spacial score (nSPS) is 10.2. The van der Waals surface area contributed by atoms with E-state index in [9.17, 15) is 0 Å². The maximum atomic E-state index is 5.41. The Morgan fingerprint density at radius 3 is 2.75 bits per heavy atom. The van der Waals surface area contributed by atoms with Crippen LogP contribution in [0.15, 0.2) is 28.7 Å². The Labute approximate surface area is 82.1 Å². The molecule has 1 aromatic carbocycles. The van der Waals surface area contributed by atoms with Crippen LogP contribution < -0.4 is 5.73 Å². The second kappa shape index (κ2) is 5.33. The third-order valence-electron chi connectivity index (χ3n) is 1.81. The van der Waals surface area contributed by atoms with Crippen molar-refractivity contribution in [2.75, 3.05) is 6.54 Å². The van der Waals surface area contributed by atoms with Crippen LogP contribution >= 0.6 is 15.9 Å². The summed E-state index contributed by atoms with van der Waals surface area (Å²) in [6, 6.07) is 8.44. The van der Waals surface area contributed by atoms with Gasteiger partial charge in [0.25, 0.3) is 0 Å². The molecule has 0 saturated carbocycles. The van der Waals surface area contributed by atoms with Gasteiger partial charge in [-0.05, 0) is 43.5 Å². The van der Waals surface area contributed by atoms with Gasteiger partial charge in [0.2, 0.25) is 0 Å². The summed E-state index contributed by atoms with van der Waals surface area (Å²) in [6.07, 6.45) is 3.44. The van der Waals surface area contributed by atoms with E-state index in [0.717, 1.165) is 23.9 Å². The number of hydrogen-bond donors (Lipinski definition) is 1.